The van der Waals surface area contributed by atoms with Gasteiger partial charge in [0, 0.05) is 40.8 Å². The number of hydrogen-bond donors (Lipinski definition) is 2. The number of aryl methyl sites for hydroxylation is 1. The van der Waals surface area contributed by atoms with Gasteiger partial charge < -0.3 is 10.6 Å². The Labute approximate surface area is 240 Å². The van der Waals surface area contributed by atoms with E-state index in [1.807, 2.05) is 35.7 Å². The first-order valence-corrected chi connectivity index (χ1v) is 15.4. The minimum atomic E-state index is -0.123. The molecule has 0 saturated carbocycles. The number of benzene rings is 4. The third-order valence-corrected chi connectivity index (χ3v) is 9.11. The Hall–Kier alpha value is -3.41. The summed E-state index contributed by atoms with van der Waals surface area (Å²) in [5.74, 6) is 2.12. The monoisotopic (exact) mass is 550 g/mol. The predicted octanol–water partition coefficient (Wildman–Crippen LogP) is 8.41. The molecule has 2 amide bonds. The highest BCUT2D eigenvalue weighted by atomic mass is 32.2. The van der Waals surface area contributed by atoms with Crippen molar-refractivity contribution in [2.24, 2.45) is 0 Å². The minimum Gasteiger partial charge on any atom is -0.341 e. The van der Waals surface area contributed by atoms with Crippen LogP contribution in [0.2, 0.25) is 0 Å². The average Bonchev–Trinajstić information content (AvgIpc) is 2.99. The molecule has 39 heavy (non-hydrogen) atoms. The standard InChI is InChI=1S/C34H34N2OS2/c1-35-34(37)36-24-28-16-19-29-30(38-22-8-14-25-10-4-2-5-11-25)20-17-27-18-21-31(33(28)32(27)29)39-23-9-15-26-12-6-3-7-13-26/h2-15,17-18,20-21,28H,16,19,22-24H2,1H3,(H2,35,36,37). The molecule has 4 aromatic rings. The third kappa shape index (κ3) is 6.97. The zero-order chi connectivity index (χ0) is 26.9. The largest absolute Gasteiger partial charge is 0.341 e. The van der Waals surface area contributed by atoms with E-state index in [0.717, 1.165) is 24.3 Å². The Morgan fingerprint density at radius 2 is 1.41 bits per heavy atom. The molecule has 0 spiro atoms. The zero-order valence-electron chi connectivity index (χ0n) is 22.2. The molecule has 5 heteroatoms. The van der Waals surface area contributed by atoms with Crippen LogP contribution < -0.4 is 10.6 Å². The van der Waals surface area contributed by atoms with E-state index in [1.165, 1.54) is 42.8 Å². The topological polar surface area (TPSA) is 41.1 Å². The molecule has 3 nitrogen and oxygen atoms in total. The number of carbonyl (C=O) groups excluding carboxylic acids is 1. The fraction of sp³-hybridized carbons (Fsp3) is 0.206. The Morgan fingerprint density at radius 3 is 2.03 bits per heavy atom. The number of carbonyl (C=O) groups is 1. The van der Waals surface area contributed by atoms with Crippen LogP contribution in [0.25, 0.3) is 22.9 Å². The van der Waals surface area contributed by atoms with Crippen molar-refractivity contribution in [1.29, 1.82) is 0 Å². The van der Waals surface area contributed by atoms with Crippen molar-refractivity contribution in [3.05, 3.63) is 119 Å². The van der Waals surface area contributed by atoms with Crippen LogP contribution in [0, 0.1) is 0 Å². The zero-order valence-corrected chi connectivity index (χ0v) is 23.9. The number of urea groups is 1. The normalized spacial score (nSPS) is 14.7. The van der Waals surface area contributed by atoms with Gasteiger partial charge in [0.2, 0.25) is 0 Å². The quantitative estimate of drug-likeness (QED) is 0.195. The van der Waals surface area contributed by atoms with Crippen LogP contribution in [0.15, 0.2) is 107 Å². The van der Waals surface area contributed by atoms with Crippen molar-refractivity contribution >= 4 is 52.5 Å². The summed E-state index contributed by atoms with van der Waals surface area (Å²) < 4.78 is 0. The molecule has 0 saturated heterocycles. The molecule has 2 N–H and O–H groups in total. The lowest BCUT2D eigenvalue weighted by atomic mass is 9.81. The summed E-state index contributed by atoms with van der Waals surface area (Å²) in [6.07, 6.45) is 10.9. The summed E-state index contributed by atoms with van der Waals surface area (Å²) in [6.45, 7) is 0.642. The fourth-order valence-corrected chi connectivity index (χ4v) is 7.02. The second kappa shape index (κ2) is 13.6. The van der Waals surface area contributed by atoms with E-state index in [1.54, 1.807) is 7.05 Å². The van der Waals surface area contributed by atoms with Crippen LogP contribution >= 0.6 is 23.5 Å². The van der Waals surface area contributed by atoms with Crippen LogP contribution in [-0.2, 0) is 6.42 Å². The highest BCUT2D eigenvalue weighted by molar-refractivity contribution is 7.99. The second-order valence-corrected chi connectivity index (χ2v) is 11.7. The second-order valence-electron chi connectivity index (χ2n) is 9.56. The van der Waals surface area contributed by atoms with Crippen molar-refractivity contribution in [3.63, 3.8) is 0 Å². The number of hydrogen-bond acceptors (Lipinski definition) is 3. The molecular formula is C34H34N2OS2. The first-order valence-electron chi connectivity index (χ1n) is 13.5. The summed E-state index contributed by atoms with van der Waals surface area (Å²) in [7, 11) is 1.67. The molecule has 0 heterocycles. The summed E-state index contributed by atoms with van der Waals surface area (Å²) in [5.41, 5.74) is 5.30. The van der Waals surface area contributed by atoms with Gasteiger partial charge in [-0.15, -0.1) is 23.5 Å². The molecule has 5 rings (SSSR count). The van der Waals surface area contributed by atoms with Crippen molar-refractivity contribution in [2.45, 2.75) is 28.6 Å². The van der Waals surface area contributed by atoms with Crippen LogP contribution in [0.1, 0.15) is 34.6 Å². The summed E-state index contributed by atoms with van der Waals surface area (Å²) in [4.78, 5) is 14.7. The lowest BCUT2D eigenvalue weighted by molar-refractivity contribution is 0.242. The van der Waals surface area contributed by atoms with Gasteiger partial charge >= 0.3 is 6.03 Å². The molecule has 0 bridgehead atoms. The Morgan fingerprint density at radius 1 is 0.821 bits per heavy atom. The third-order valence-electron chi connectivity index (χ3n) is 7.03. The average molecular weight is 551 g/mol. The maximum Gasteiger partial charge on any atom is 0.314 e. The maximum atomic E-state index is 12.0. The molecule has 198 valence electrons. The minimum absolute atomic E-state index is 0.123. The van der Waals surface area contributed by atoms with Gasteiger partial charge in [-0.25, -0.2) is 4.79 Å². The van der Waals surface area contributed by atoms with Crippen LogP contribution in [-0.4, -0.2) is 31.1 Å². The number of rotatable bonds is 10. The van der Waals surface area contributed by atoms with Gasteiger partial charge in [0.05, 0.1) is 0 Å². The molecule has 4 aromatic carbocycles. The van der Waals surface area contributed by atoms with Crippen molar-refractivity contribution < 1.29 is 4.79 Å². The van der Waals surface area contributed by atoms with Gasteiger partial charge in [0.1, 0.15) is 0 Å². The fourth-order valence-electron chi connectivity index (χ4n) is 5.14. The predicted molar refractivity (Wildman–Crippen MR) is 170 cm³/mol. The van der Waals surface area contributed by atoms with Gasteiger partial charge in [-0.1, -0.05) is 97.1 Å². The van der Waals surface area contributed by atoms with Gasteiger partial charge in [-0.05, 0) is 58.0 Å². The van der Waals surface area contributed by atoms with E-state index in [9.17, 15) is 4.79 Å². The van der Waals surface area contributed by atoms with Gasteiger partial charge in [-0.2, -0.15) is 0 Å². The highest BCUT2D eigenvalue weighted by Crippen LogP contribution is 2.45. The Bertz CT molecular complexity index is 1460. The lowest BCUT2D eigenvalue weighted by Crippen LogP contribution is -2.36. The number of thioether (sulfide) groups is 2. The van der Waals surface area contributed by atoms with Crippen LogP contribution in [0.4, 0.5) is 4.79 Å². The summed E-state index contributed by atoms with van der Waals surface area (Å²) >= 11 is 3.80. The molecule has 1 aliphatic carbocycles. The molecule has 0 aliphatic heterocycles. The van der Waals surface area contributed by atoms with E-state index < -0.39 is 0 Å². The van der Waals surface area contributed by atoms with E-state index in [2.05, 4.69) is 108 Å². The summed E-state index contributed by atoms with van der Waals surface area (Å²) in [6, 6.07) is 29.9. The van der Waals surface area contributed by atoms with E-state index in [4.69, 9.17) is 0 Å². The van der Waals surface area contributed by atoms with E-state index >= 15 is 0 Å². The van der Waals surface area contributed by atoms with E-state index in [-0.39, 0.29) is 11.9 Å². The molecule has 1 atom stereocenters. The first-order chi connectivity index (χ1) is 19.2. The summed E-state index contributed by atoms with van der Waals surface area (Å²) in [5, 5.41) is 8.45. The van der Waals surface area contributed by atoms with Crippen LogP contribution in [0.5, 0.6) is 0 Å². The maximum absolute atomic E-state index is 12.0. The smallest absolute Gasteiger partial charge is 0.314 e. The lowest BCUT2D eigenvalue weighted by Gasteiger charge is -2.29. The molecule has 0 fully saturated rings. The highest BCUT2D eigenvalue weighted by Gasteiger charge is 2.27. The van der Waals surface area contributed by atoms with Crippen molar-refractivity contribution in [2.75, 3.05) is 25.1 Å². The van der Waals surface area contributed by atoms with Gasteiger partial charge in [-0.3, -0.25) is 0 Å². The molecule has 1 unspecified atom stereocenters. The van der Waals surface area contributed by atoms with Crippen molar-refractivity contribution in [1.82, 2.24) is 10.6 Å². The first kappa shape index (κ1) is 27.2. The van der Waals surface area contributed by atoms with Gasteiger partial charge in [0.25, 0.3) is 0 Å². The number of nitrogens with one attached hydrogen (secondary N) is 2. The Kier molecular flexibility index (Phi) is 9.47. The Balaban J connectivity index is 1.41. The molecule has 0 aromatic heterocycles. The number of amides is 2. The molecular weight excluding hydrogens is 517 g/mol. The molecule has 0 radical (unpaired) electrons. The van der Waals surface area contributed by atoms with Crippen molar-refractivity contribution in [3.8, 4) is 0 Å². The van der Waals surface area contributed by atoms with Gasteiger partial charge in [0.15, 0.2) is 0 Å². The molecule has 1 aliphatic rings. The SMILES string of the molecule is CNC(=O)NCC1CCc2c(SCC=Cc3ccccc3)ccc3ccc(SCC=Cc4ccccc4)c1c23. The van der Waals surface area contributed by atoms with Crippen LogP contribution in [0.3, 0.4) is 0 Å². The van der Waals surface area contributed by atoms with E-state index in [0.29, 0.717) is 6.54 Å².